The van der Waals surface area contributed by atoms with Crippen molar-refractivity contribution in [3.63, 3.8) is 0 Å². The van der Waals surface area contributed by atoms with E-state index in [1.54, 1.807) is 7.11 Å². The molecule has 104 valence electrons. The van der Waals surface area contributed by atoms with E-state index in [1.165, 1.54) is 0 Å². The molecule has 0 saturated carbocycles. The van der Waals surface area contributed by atoms with Crippen LogP contribution in [0.2, 0.25) is 0 Å². The van der Waals surface area contributed by atoms with Crippen LogP contribution < -0.4 is 4.74 Å². The van der Waals surface area contributed by atoms with Crippen LogP contribution in [0, 0.1) is 0 Å². The van der Waals surface area contributed by atoms with Crippen molar-refractivity contribution >= 4 is 6.08 Å². The number of rotatable bonds is 5. The predicted molar refractivity (Wildman–Crippen MR) is 75.3 cm³/mol. The van der Waals surface area contributed by atoms with Crippen LogP contribution in [0.25, 0.3) is 6.08 Å². The van der Waals surface area contributed by atoms with Crippen LogP contribution in [-0.2, 0) is 4.74 Å². The zero-order valence-electron chi connectivity index (χ0n) is 11.3. The summed E-state index contributed by atoms with van der Waals surface area (Å²) in [4.78, 5) is 2.21. The second-order valence-electron chi connectivity index (χ2n) is 4.58. The molecular weight excluding hydrogens is 242 g/mol. The molecule has 2 rings (SSSR count). The van der Waals surface area contributed by atoms with Gasteiger partial charge in [-0.1, -0.05) is 30.4 Å². The molecule has 0 spiro atoms. The van der Waals surface area contributed by atoms with E-state index < -0.39 is 6.10 Å². The normalized spacial score (nSPS) is 18.6. The number of hydrogen-bond acceptors (Lipinski definition) is 4. The van der Waals surface area contributed by atoms with Gasteiger partial charge in [0.1, 0.15) is 5.75 Å². The van der Waals surface area contributed by atoms with Crippen molar-refractivity contribution < 1.29 is 14.6 Å². The van der Waals surface area contributed by atoms with Crippen molar-refractivity contribution in [1.82, 2.24) is 4.90 Å². The van der Waals surface area contributed by atoms with E-state index in [-0.39, 0.29) is 0 Å². The molecule has 4 heteroatoms. The van der Waals surface area contributed by atoms with Crippen LogP contribution >= 0.6 is 0 Å². The van der Waals surface area contributed by atoms with Gasteiger partial charge >= 0.3 is 0 Å². The van der Waals surface area contributed by atoms with Crippen molar-refractivity contribution in [2.45, 2.75) is 6.10 Å². The Morgan fingerprint density at radius 1 is 1.37 bits per heavy atom. The van der Waals surface area contributed by atoms with E-state index in [1.807, 2.05) is 36.4 Å². The first-order chi connectivity index (χ1) is 9.29. The van der Waals surface area contributed by atoms with E-state index >= 15 is 0 Å². The average Bonchev–Trinajstić information content (AvgIpc) is 2.46. The van der Waals surface area contributed by atoms with Crippen molar-refractivity contribution in [3.05, 3.63) is 35.9 Å². The van der Waals surface area contributed by atoms with Gasteiger partial charge in [-0.2, -0.15) is 0 Å². The number of morpholine rings is 1. The molecular formula is C15H21NO3. The summed E-state index contributed by atoms with van der Waals surface area (Å²) in [6, 6.07) is 7.77. The molecule has 1 aliphatic heterocycles. The number of aliphatic hydroxyl groups is 1. The molecule has 1 aromatic carbocycles. The molecule has 1 aromatic rings. The van der Waals surface area contributed by atoms with Crippen molar-refractivity contribution in [2.75, 3.05) is 40.0 Å². The number of benzene rings is 1. The molecule has 0 aromatic heterocycles. The quantitative estimate of drug-likeness (QED) is 0.872. The van der Waals surface area contributed by atoms with Crippen LogP contribution in [0.1, 0.15) is 5.56 Å². The molecule has 0 radical (unpaired) electrons. The van der Waals surface area contributed by atoms with Crippen LogP contribution in [0.3, 0.4) is 0 Å². The third-order valence-electron chi connectivity index (χ3n) is 3.19. The van der Waals surface area contributed by atoms with Gasteiger partial charge in [-0.05, 0) is 6.07 Å². The highest BCUT2D eigenvalue weighted by molar-refractivity contribution is 5.57. The monoisotopic (exact) mass is 263 g/mol. The Hall–Kier alpha value is -1.36. The molecule has 1 aliphatic rings. The average molecular weight is 263 g/mol. The number of para-hydroxylation sites is 1. The van der Waals surface area contributed by atoms with Crippen molar-refractivity contribution in [2.24, 2.45) is 0 Å². The van der Waals surface area contributed by atoms with E-state index in [2.05, 4.69) is 4.90 Å². The molecule has 1 atom stereocenters. The SMILES string of the molecule is COc1ccccc1/C=C\C(O)CN1CCOCC1. The fourth-order valence-corrected chi connectivity index (χ4v) is 2.13. The van der Waals surface area contributed by atoms with Crippen LogP contribution in [0.4, 0.5) is 0 Å². The molecule has 1 unspecified atom stereocenters. The second-order valence-corrected chi connectivity index (χ2v) is 4.58. The van der Waals surface area contributed by atoms with Crippen LogP contribution in [0.5, 0.6) is 5.75 Å². The third-order valence-corrected chi connectivity index (χ3v) is 3.19. The van der Waals surface area contributed by atoms with Crippen molar-refractivity contribution in [1.29, 1.82) is 0 Å². The smallest absolute Gasteiger partial charge is 0.126 e. The maximum atomic E-state index is 10.0. The van der Waals surface area contributed by atoms with Gasteiger partial charge in [-0.3, -0.25) is 4.90 Å². The Labute approximate surface area is 114 Å². The molecule has 1 N–H and O–H groups in total. The van der Waals surface area contributed by atoms with E-state index in [4.69, 9.17) is 9.47 Å². The number of hydrogen-bond donors (Lipinski definition) is 1. The summed E-state index contributed by atoms with van der Waals surface area (Å²) in [7, 11) is 1.65. The van der Waals surface area contributed by atoms with Gasteiger partial charge in [0, 0.05) is 25.2 Å². The first kappa shape index (κ1) is 14.1. The molecule has 1 heterocycles. The van der Waals surface area contributed by atoms with Gasteiger partial charge in [0.25, 0.3) is 0 Å². The molecule has 0 bridgehead atoms. The fraction of sp³-hybridized carbons (Fsp3) is 0.467. The Morgan fingerprint density at radius 3 is 2.84 bits per heavy atom. The highest BCUT2D eigenvalue weighted by Crippen LogP contribution is 2.18. The Kier molecular flexibility index (Phi) is 5.39. The second kappa shape index (κ2) is 7.28. The van der Waals surface area contributed by atoms with Gasteiger partial charge in [0.2, 0.25) is 0 Å². The molecule has 0 amide bonds. The Balaban J connectivity index is 1.90. The molecule has 0 aliphatic carbocycles. The molecule has 1 saturated heterocycles. The Morgan fingerprint density at radius 2 is 2.11 bits per heavy atom. The van der Waals surface area contributed by atoms with E-state index in [0.717, 1.165) is 37.6 Å². The summed E-state index contributed by atoms with van der Waals surface area (Å²) in [6.07, 6.45) is 3.25. The summed E-state index contributed by atoms with van der Waals surface area (Å²) in [6.45, 7) is 3.93. The van der Waals surface area contributed by atoms with Gasteiger partial charge in [-0.15, -0.1) is 0 Å². The lowest BCUT2D eigenvalue weighted by atomic mass is 10.1. The van der Waals surface area contributed by atoms with Gasteiger partial charge in [-0.25, -0.2) is 0 Å². The van der Waals surface area contributed by atoms with E-state index in [0.29, 0.717) is 6.54 Å². The minimum atomic E-state index is -0.469. The zero-order valence-corrected chi connectivity index (χ0v) is 11.3. The fourth-order valence-electron chi connectivity index (χ4n) is 2.13. The standard InChI is InChI=1S/C15H21NO3/c1-18-15-5-3-2-4-13(15)6-7-14(17)12-16-8-10-19-11-9-16/h2-7,14,17H,8-12H2,1H3/b7-6-. The zero-order chi connectivity index (χ0) is 13.5. The van der Waals surface area contributed by atoms with Crippen LogP contribution in [0.15, 0.2) is 30.3 Å². The van der Waals surface area contributed by atoms with Gasteiger partial charge in [0.15, 0.2) is 0 Å². The molecule has 1 fully saturated rings. The van der Waals surface area contributed by atoms with Gasteiger partial charge in [0.05, 0.1) is 26.4 Å². The Bertz CT molecular complexity index is 414. The first-order valence-corrected chi connectivity index (χ1v) is 6.59. The third kappa shape index (κ3) is 4.35. The maximum absolute atomic E-state index is 10.0. The molecule has 4 nitrogen and oxygen atoms in total. The summed E-state index contributed by atoms with van der Waals surface area (Å²) in [5, 5.41) is 10.0. The number of aliphatic hydroxyl groups excluding tert-OH is 1. The maximum Gasteiger partial charge on any atom is 0.126 e. The number of β-amino-alcohol motifs (C(OH)–C–C–N with tert-alkyl or cyclic N) is 1. The number of nitrogens with zero attached hydrogens (tertiary/aromatic N) is 1. The summed E-state index contributed by atoms with van der Waals surface area (Å²) in [5.41, 5.74) is 0.978. The van der Waals surface area contributed by atoms with E-state index in [9.17, 15) is 5.11 Å². The lowest BCUT2D eigenvalue weighted by Crippen LogP contribution is -2.40. The lowest BCUT2D eigenvalue weighted by Gasteiger charge is -2.27. The predicted octanol–water partition coefficient (Wildman–Crippen LogP) is 1.40. The first-order valence-electron chi connectivity index (χ1n) is 6.59. The summed E-state index contributed by atoms with van der Waals surface area (Å²) >= 11 is 0. The summed E-state index contributed by atoms with van der Waals surface area (Å²) in [5.74, 6) is 0.817. The number of ether oxygens (including phenoxy) is 2. The van der Waals surface area contributed by atoms with Gasteiger partial charge < -0.3 is 14.6 Å². The summed E-state index contributed by atoms with van der Waals surface area (Å²) < 4.78 is 10.6. The highest BCUT2D eigenvalue weighted by Gasteiger charge is 2.12. The lowest BCUT2D eigenvalue weighted by molar-refractivity contribution is 0.0223. The topological polar surface area (TPSA) is 41.9 Å². The minimum absolute atomic E-state index is 0.469. The van der Waals surface area contributed by atoms with Crippen molar-refractivity contribution in [3.8, 4) is 5.75 Å². The largest absolute Gasteiger partial charge is 0.496 e. The van der Waals surface area contributed by atoms with Crippen LogP contribution in [-0.4, -0.2) is 56.1 Å². The molecule has 19 heavy (non-hydrogen) atoms. The number of methoxy groups -OCH3 is 1. The highest BCUT2D eigenvalue weighted by atomic mass is 16.5. The minimum Gasteiger partial charge on any atom is -0.496 e.